The molecule has 1 atom stereocenters. The Morgan fingerprint density at radius 2 is 2.11 bits per heavy atom. The maximum Gasteiger partial charge on any atom is 0.253 e. The lowest BCUT2D eigenvalue weighted by Crippen LogP contribution is -2.28. The number of carbonyl (C=O) groups excluding carboxylic acids is 1. The summed E-state index contributed by atoms with van der Waals surface area (Å²) in [7, 11) is 0. The van der Waals surface area contributed by atoms with Gasteiger partial charge in [0.15, 0.2) is 11.5 Å². The van der Waals surface area contributed by atoms with Crippen LogP contribution in [0, 0.1) is 0 Å². The molecule has 6 nitrogen and oxygen atoms in total. The van der Waals surface area contributed by atoms with Crippen LogP contribution in [0.4, 0.5) is 11.4 Å². The van der Waals surface area contributed by atoms with Gasteiger partial charge in [-0.15, -0.1) is 12.4 Å². The summed E-state index contributed by atoms with van der Waals surface area (Å²) in [5.41, 5.74) is 6.75. The van der Waals surface area contributed by atoms with Gasteiger partial charge in [-0.3, -0.25) is 4.79 Å². The fourth-order valence-electron chi connectivity index (χ4n) is 1.63. The summed E-state index contributed by atoms with van der Waals surface area (Å²) >= 11 is 0. The lowest BCUT2D eigenvalue weighted by atomic mass is 10.2. The second-order valence-electron chi connectivity index (χ2n) is 3.88. The molecule has 0 saturated heterocycles. The number of anilines is 2. The average molecular weight is 289 g/mol. The lowest BCUT2D eigenvalue weighted by Gasteiger charge is -2.13. The highest BCUT2D eigenvalue weighted by Crippen LogP contribution is 2.38. The number of ether oxygens (including phenoxy) is 3. The van der Waals surface area contributed by atoms with Gasteiger partial charge >= 0.3 is 0 Å². The Bertz CT molecular complexity index is 467. The van der Waals surface area contributed by atoms with Crippen molar-refractivity contribution in [2.45, 2.75) is 20.0 Å². The maximum atomic E-state index is 11.8. The fraction of sp³-hybridized carbons (Fsp3) is 0.417. The van der Waals surface area contributed by atoms with E-state index in [0.29, 0.717) is 29.5 Å². The molecule has 0 fully saturated rings. The van der Waals surface area contributed by atoms with Crippen LogP contribution >= 0.6 is 12.4 Å². The van der Waals surface area contributed by atoms with E-state index in [1.807, 2.05) is 6.92 Å². The smallest absolute Gasteiger partial charge is 0.253 e. The third-order valence-electron chi connectivity index (χ3n) is 2.59. The van der Waals surface area contributed by atoms with E-state index in [0.717, 1.165) is 0 Å². The van der Waals surface area contributed by atoms with Gasteiger partial charge in [-0.05, 0) is 13.8 Å². The molecule has 3 N–H and O–H groups in total. The number of amides is 1. The molecule has 1 aromatic rings. The summed E-state index contributed by atoms with van der Waals surface area (Å²) < 4.78 is 15.6. The molecule has 0 spiro atoms. The highest BCUT2D eigenvalue weighted by Gasteiger charge is 2.19. The van der Waals surface area contributed by atoms with Gasteiger partial charge in [0.05, 0.1) is 11.4 Å². The van der Waals surface area contributed by atoms with Crippen molar-refractivity contribution >= 4 is 29.7 Å². The van der Waals surface area contributed by atoms with E-state index in [-0.39, 0.29) is 25.1 Å². The summed E-state index contributed by atoms with van der Waals surface area (Å²) in [6.07, 6.45) is -0.528. The predicted octanol–water partition coefficient (Wildman–Crippen LogP) is 1.78. The van der Waals surface area contributed by atoms with E-state index in [1.54, 1.807) is 19.1 Å². The van der Waals surface area contributed by atoms with Crippen LogP contribution in [0.25, 0.3) is 0 Å². The Balaban J connectivity index is 0.00000180. The summed E-state index contributed by atoms with van der Waals surface area (Å²) in [6.45, 7) is 4.16. The molecule has 0 aliphatic carbocycles. The number of fused-ring (bicyclic) bond motifs is 1. The molecule has 1 aliphatic heterocycles. The molecule has 0 bridgehead atoms. The van der Waals surface area contributed by atoms with E-state index in [9.17, 15) is 4.79 Å². The minimum Gasteiger partial charge on any atom is -0.454 e. The molecule has 2 rings (SSSR count). The molecule has 1 unspecified atom stereocenters. The van der Waals surface area contributed by atoms with Crippen molar-refractivity contribution in [2.24, 2.45) is 0 Å². The SMILES string of the molecule is CCOC(C)C(=O)Nc1cc2c(cc1N)OCO2.Cl. The third kappa shape index (κ3) is 3.42. The molecule has 106 valence electrons. The minimum atomic E-state index is -0.528. The Morgan fingerprint density at radius 1 is 1.47 bits per heavy atom. The second-order valence-corrected chi connectivity index (χ2v) is 3.88. The lowest BCUT2D eigenvalue weighted by molar-refractivity contribution is -0.126. The van der Waals surface area contributed by atoms with Crippen LogP contribution in [0.3, 0.4) is 0 Å². The standard InChI is InChI=1S/C12H16N2O4.ClH/c1-3-16-7(2)12(15)14-9-5-11-10(4-8(9)13)17-6-18-11;/h4-5,7H,3,6,13H2,1-2H3,(H,14,15);1H. The van der Waals surface area contributed by atoms with Crippen molar-refractivity contribution < 1.29 is 19.0 Å². The van der Waals surface area contributed by atoms with Crippen LogP contribution in [0.5, 0.6) is 11.5 Å². The van der Waals surface area contributed by atoms with Gasteiger partial charge in [0, 0.05) is 18.7 Å². The number of nitrogens with one attached hydrogen (secondary N) is 1. The average Bonchev–Trinajstić information content (AvgIpc) is 2.76. The number of rotatable bonds is 4. The zero-order valence-electron chi connectivity index (χ0n) is 10.8. The first-order valence-corrected chi connectivity index (χ1v) is 5.73. The van der Waals surface area contributed by atoms with Crippen molar-refractivity contribution in [1.29, 1.82) is 0 Å². The van der Waals surface area contributed by atoms with Gasteiger partial charge in [0.1, 0.15) is 6.10 Å². The Hall–Kier alpha value is -1.66. The van der Waals surface area contributed by atoms with Gasteiger partial charge in [0.25, 0.3) is 5.91 Å². The molecule has 7 heteroatoms. The van der Waals surface area contributed by atoms with Crippen LogP contribution in [-0.4, -0.2) is 25.4 Å². The summed E-state index contributed by atoms with van der Waals surface area (Å²) in [5, 5.41) is 2.70. The zero-order chi connectivity index (χ0) is 13.1. The molecule has 0 saturated carbocycles. The molecule has 1 amide bonds. The fourth-order valence-corrected chi connectivity index (χ4v) is 1.63. The van der Waals surface area contributed by atoms with Crippen molar-refractivity contribution in [2.75, 3.05) is 24.5 Å². The molecule has 1 aliphatic rings. The van der Waals surface area contributed by atoms with Gasteiger partial charge in [-0.1, -0.05) is 0 Å². The topological polar surface area (TPSA) is 82.8 Å². The van der Waals surface area contributed by atoms with E-state index in [2.05, 4.69) is 5.32 Å². The van der Waals surface area contributed by atoms with Crippen molar-refractivity contribution in [3.05, 3.63) is 12.1 Å². The van der Waals surface area contributed by atoms with Gasteiger partial charge in [-0.25, -0.2) is 0 Å². The monoisotopic (exact) mass is 288 g/mol. The number of carbonyl (C=O) groups is 1. The molecular formula is C12H17ClN2O4. The summed E-state index contributed by atoms with van der Waals surface area (Å²) in [5.74, 6) is 0.911. The van der Waals surface area contributed by atoms with Crippen molar-refractivity contribution in [3.63, 3.8) is 0 Å². The molecule has 0 aromatic heterocycles. The number of nitrogens with two attached hydrogens (primary N) is 1. The van der Waals surface area contributed by atoms with Crippen LogP contribution in [0.15, 0.2) is 12.1 Å². The molecule has 19 heavy (non-hydrogen) atoms. The number of hydrogen-bond donors (Lipinski definition) is 2. The first kappa shape index (κ1) is 15.4. The number of nitrogen functional groups attached to an aromatic ring is 1. The van der Waals surface area contributed by atoms with Crippen LogP contribution in [0.1, 0.15) is 13.8 Å². The van der Waals surface area contributed by atoms with E-state index >= 15 is 0 Å². The van der Waals surface area contributed by atoms with Gasteiger partial charge in [0.2, 0.25) is 6.79 Å². The predicted molar refractivity (Wildman–Crippen MR) is 73.9 cm³/mol. The first-order chi connectivity index (χ1) is 8.61. The Labute approximate surface area is 117 Å². The quantitative estimate of drug-likeness (QED) is 0.825. The summed E-state index contributed by atoms with van der Waals surface area (Å²) in [4.78, 5) is 11.8. The number of hydrogen-bond acceptors (Lipinski definition) is 5. The maximum absolute atomic E-state index is 11.8. The highest BCUT2D eigenvalue weighted by atomic mass is 35.5. The van der Waals surface area contributed by atoms with Gasteiger partial charge in [-0.2, -0.15) is 0 Å². The van der Waals surface area contributed by atoms with Gasteiger partial charge < -0.3 is 25.3 Å². The van der Waals surface area contributed by atoms with E-state index in [4.69, 9.17) is 19.9 Å². The number of halogens is 1. The Morgan fingerprint density at radius 3 is 2.74 bits per heavy atom. The highest BCUT2D eigenvalue weighted by molar-refractivity contribution is 5.97. The van der Waals surface area contributed by atoms with Crippen molar-refractivity contribution in [1.82, 2.24) is 0 Å². The van der Waals surface area contributed by atoms with Crippen LogP contribution in [-0.2, 0) is 9.53 Å². The first-order valence-electron chi connectivity index (χ1n) is 5.73. The van der Waals surface area contributed by atoms with E-state index in [1.165, 1.54) is 0 Å². The normalized spacial score (nSPS) is 13.6. The van der Waals surface area contributed by atoms with E-state index < -0.39 is 6.10 Å². The van der Waals surface area contributed by atoms with Crippen molar-refractivity contribution in [3.8, 4) is 11.5 Å². The third-order valence-corrected chi connectivity index (χ3v) is 2.59. The second kappa shape index (κ2) is 6.49. The summed E-state index contributed by atoms with van der Waals surface area (Å²) in [6, 6.07) is 3.28. The Kier molecular flexibility index (Phi) is 5.26. The van der Waals surface area contributed by atoms with Crippen LogP contribution in [0.2, 0.25) is 0 Å². The number of benzene rings is 1. The molecule has 1 heterocycles. The zero-order valence-corrected chi connectivity index (χ0v) is 11.6. The molecule has 0 radical (unpaired) electrons. The minimum absolute atomic E-state index is 0. The molecule has 1 aromatic carbocycles. The largest absolute Gasteiger partial charge is 0.454 e. The molecular weight excluding hydrogens is 272 g/mol. The van der Waals surface area contributed by atoms with Crippen LogP contribution < -0.4 is 20.5 Å².